The Balaban J connectivity index is 1.50. The van der Waals surface area contributed by atoms with Gasteiger partial charge in [0.2, 0.25) is 0 Å². The smallest absolute Gasteiger partial charge is 0.355 e. The summed E-state index contributed by atoms with van der Waals surface area (Å²) in [5.41, 5.74) is 10.5. The molecule has 0 bridgehead atoms. The summed E-state index contributed by atoms with van der Waals surface area (Å²) in [7, 11) is 2.44. The predicted molar refractivity (Wildman–Crippen MR) is 162 cm³/mol. The number of hydrogen-bond acceptors (Lipinski definition) is 8. The molecular weight excluding hydrogens is 542 g/mol. The van der Waals surface area contributed by atoms with Gasteiger partial charge in [-0.05, 0) is 46.5 Å². The van der Waals surface area contributed by atoms with Crippen molar-refractivity contribution >= 4 is 17.6 Å². The topological polar surface area (TPSA) is 115 Å². The molecule has 2 N–H and O–H groups in total. The average Bonchev–Trinajstić information content (AvgIpc) is 3.07. The van der Waals surface area contributed by atoms with Crippen LogP contribution in [0.3, 0.4) is 0 Å². The summed E-state index contributed by atoms with van der Waals surface area (Å²) in [6.45, 7) is 0.471. The summed E-state index contributed by atoms with van der Waals surface area (Å²) < 4.78 is 16.1. The van der Waals surface area contributed by atoms with E-state index in [0.29, 0.717) is 17.9 Å². The Labute approximate surface area is 249 Å². The van der Waals surface area contributed by atoms with Crippen molar-refractivity contribution < 1.29 is 23.8 Å². The molecule has 0 radical (unpaired) electrons. The third-order valence-electron chi connectivity index (χ3n) is 7.17. The molecule has 1 atom stereocenters. The number of rotatable bonds is 8. The average molecular weight is 572 g/mol. The highest BCUT2D eigenvalue weighted by Crippen LogP contribution is 2.43. The second-order valence-corrected chi connectivity index (χ2v) is 9.68. The first kappa shape index (κ1) is 28.7. The molecule has 0 amide bonds. The Morgan fingerprint density at radius 3 is 1.91 bits per heavy atom. The van der Waals surface area contributed by atoms with Crippen LogP contribution in [0.1, 0.15) is 17.0 Å². The van der Waals surface area contributed by atoms with Gasteiger partial charge in [0.1, 0.15) is 23.9 Å². The molecule has 1 aliphatic rings. The molecule has 1 unspecified atom stereocenters. The van der Waals surface area contributed by atoms with E-state index >= 15 is 0 Å². The van der Waals surface area contributed by atoms with E-state index in [1.807, 2.05) is 72.8 Å². The third kappa shape index (κ3) is 5.83. The normalized spacial score (nSPS) is 14.6. The summed E-state index contributed by atoms with van der Waals surface area (Å²) in [6, 6.07) is 36.0. The van der Waals surface area contributed by atoms with Gasteiger partial charge in [-0.1, -0.05) is 84.9 Å². The first-order valence-electron chi connectivity index (χ1n) is 13.5. The van der Waals surface area contributed by atoms with Crippen molar-refractivity contribution in [3.05, 3.63) is 143 Å². The predicted octanol–water partition coefficient (Wildman–Crippen LogP) is 5.83. The summed E-state index contributed by atoms with van der Waals surface area (Å²) in [5.74, 6) is -1.74. The van der Waals surface area contributed by atoms with Crippen molar-refractivity contribution in [2.45, 2.75) is 12.5 Å². The summed E-state index contributed by atoms with van der Waals surface area (Å²) in [6.07, 6.45) is 0. The van der Waals surface area contributed by atoms with Gasteiger partial charge in [0.05, 0.1) is 37.4 Å². The van der Waals surface area contributed by atoms with Crippen LogP contribution in [-0.4, -0.2) is 26.2 Å². The largest absolute Gasteiger partial charge is 0.489 e. The van der Waals surface area contributed by atoms with Crippen molar-refractivity contribution in [1.29, 1.82) is 5.26 Å². The molecule has 1 aliphatic heterocycles. The molecule has 4 aromatic rings. The van der Waals surface area contributed by atoms with E-state index in [4.69, 9.17) is 19.9 Å². The van der Waals surface area contributed by atoms with Crippen LogP contribution in [0.2, 0.25) is 0 Å². The van der Waals surface area contributed by atoms with Gasteiger partial charge in [-0.3, -0.25) is 4.90 Å². The highest BCUT2D eigenvalue weighted by atomic mass is 16.5. The van der Waals surface area contributed by atoms with Gasteiger partial charge >= 0.3 is 11.9 Å². The van der Waals surface area contributed by atoms with Crippen molar-refractivity contribution in [3.8, 4) is 22.9 Å². The van der Waals surface area contributed by atoms with Gasteiger partial charge < -0.3 is 19.9 Å². The van der Waals surface area contributed by atoms with E-state index in [1.165, 1.54) is 19.1 Å². The Bertz CT molecular complexity index is 1720. The molecule has 214 valence electrons. The van der Waals surface area contributed by atoms with Crippen molar-refractivity contribution in [2.75, 3.05) is 19.1 Å². The standard InChI is InChI=1S/C35H29N3O5/c1-41-34(39)31-30(26-11-7-4-8-12-26)29(21-36)33(37)38(32(31)35(40)42-2)27-17-13-24(14-18-27)25-15-19-28(20-16-25)43-22-23-9-5-3-6-10-23/h3-20,30H,22,37H2,1-2H3. The molecule has 0 saturated carbocycles. The van der Waals surface area contributed by atoms with E-state index in [1.54, 1.807) is 36.4 Å². The number of nitrogens with two attached hydrogens (primary N) is 1. The van der Waals surface area contributed by atoms with E-state index in [9.17, 15) is 14.9 Å². The Kier molecular flexibility index (Phi) is 8.54. The molecule has 5 rings (SSSR count). The number of nitrogens with zero attached hydrogens (tertiary/aromatic N) is 2. The fourth-order valence-corrected chi connectivity index (χ4v) is 5.07. The Morgan fingerprint density at radius 2 is 1.35 bits per heavy atom. The SMILES string of the molecule is COC(=O)C1=C(C(=O)OC)N(c2ccc(-c3ccc(OCc4ccccc4)cc3)cc2)C(N)=C(C#N)C1c1ccccc1. The molecule has 8 heteroatoms. The number of hydrogen-bond donors (Lipinski definition) is 1. The number of carbonyl (C=O) groups is 2. The van der Waals surface area contributed by atoms with Crippen LogP contribution < -0.4 is 15.4 Å². The van der Waals surface area contributed by atoms with Crippen LogP contribution in [0.4, 0.5) is 5.69 Å². The summed E-state index contributed by atoms with van der Waals surface area (Å²) in [5, 5.41) is 10.2. The minimum Gasteiger partial charge on any atom is -0.489 e. The number of ether oxygens (including phenoxy) is 3. The van der Waals surface area contributed by atoms with Crippen LogP contribution in [0.15, 0.2) is 132 Å². The van der Waals surface area contributed by atoms with Gasteiger partial charge in [0.25, 0.3) is 0 Å². The quantitative estimate of drug-likeness (QED) is 0.263. The lowest BCUT2D eigenvalue weighted by Crippen LogP contribution is -2.40. The highest BCUT2D eigenvalue weighted by Gasteiger charge is 2.42. The minimum absolute atomic E-state index is 0.0112. The second-order valence-electron chi connectivity index (χ2n) is 9.68. The van der Waals surface area contributed by atoms with Crippen molar-refractivity contribution in [3.63, 3.8) is 0 Å². The molecule has 0 aromatic heterocycles. The van der Waals surface area contributed by atoms with E-state index in [-0.39, 0.29) is 22.7 Å². The number of nitriles is 1. The Morgan fingerprint density at radius 1 is 0.791 bits per heavy atom. The number of carbonyl (C=O) groups excluding carboxylic acids is 2. The zero-order valence-corrected chi connectivity index (χ0v) is 23.7. The van der Waals surface area contributed by atoms with Crippen molar-refractivity contribution in [2.24, 2.45) is 5.73 Å². The minimum atomic E-state index is -0.925. The molecular formula is C35H29N3O5. The number of methoxy groups -OCH3 is 2. The van der Waals surface area contributed by atoms with Gasteiger partial charge in [0, 0.05) is 5.69 Å². The molecule has 43 heavy (non-hydrogen) atoms. The maximum absolute atomic E-state index is 13.3. The molecule has 4 aromatic carbocycles. The number of esters is 2. The zero-order valence-electron chi connectivity index (χ0n) is 23.7. The monoisotopic (exact) mass is 571 g/mol. The third-order valence-corrected chi connectivity index (χ3v) is 7.17. The lowest BCUT2D eigenvalue weighted by molar-refractivity contribution is -0.139. The first-order chi connectivity index (χ1) is 21.0. The maximum atomic E-state index is 13.3. The number of anilines is 1. The maximum Gasteiger partial charge on any atom is 0.355 e. The van der Waals surface area contributed by atoms with Gasteiger partial charge in [-0.15, -0.1) is 0 Å². The van der Waals surface area contributed by atoms with Crippen molar-refractivity contribution in [1.82, 2.24) is 0 Å². The second kappa shape index (κ2) is 12.8. The molecule has 8 nitrogen and oxygen atoms in total. The molecule has 0 aliphatic carbocycles. The van der Waals surface area contributed by atoms with Crippen LogP contribution >= 0.6 is 0 Å². The summed E-state index contributed by atoms with van der Waals surface area (Å²) in [4.78, 5) is 27.9. The number of benzene rings is 4. The molecule has 1 heterocycles. The van der Waals surface area contributed by atoms with Gasteiger partial charge in [0.15, 0.2) is 0 Å². The first-order valence-corrected chi connectivity index (χ1v) is 13.5. The number of allylic oxidation sites excluding steroid dienone is 1. The van der Waals surface area contributed by atoms with Crippen LogP contribution in [0.25, 0.3) is 11.1 Å². The lowest BCUT2D eigenvalue weighted by atomic mass is 9.81. The fourth-order valence-electron chi connectivity index (χ4n) is 5.07. The van der Waals surface area contributed by atoms with Crippen LogP contribution in [-0.2, 0) is 25.7 Å². The van der Waals surface area contributed by atoms with E-state index in [0.717, 1.165) is 22.4 Å². The van der Waals surface area contributed by atoms with Crippen LogP contribution in [0.5, 0.6) is 5.75 Å². The summed E-state index contributed by atoms with van der Waals surface area (Å²) >= 11 is 0. The lowest BCUT2D eigenvalue weighted by Gasteiger charge is -2.35. The van der Waals surface area contributed by atoms with Crippen LogP contribution in [0, 0.1) is 11.3 Å². The van der Waals surface area contributed by atoms with Gasteiger partial charge in [-0.25, -0.2) is 9.59 Å². The van der Waals surface area contributed by atoms with Gasteiger partial charge in [-0.2, -0.15) is 5.26 Å². The Hall–Kier alpha value is -5.81. The van der Waals surface area contributed by atoms with E-state index in [2.05, 4.69) is 6.07 Å². The molecule has 0 saturated heterocycles. The fraction of sp³-hybridized carbons (Fsp3) is 0.114. The molecule has 0 fully saturated rings. The van der Waals surface area contributed by atoms with E-state index < -0.39 is 17.9 Å². The molecule has 0 spiro atoms. The zero-order chi connectivity index (χ0) is 30.3. The highest BCUT2D eigenvalue weighted by molar-refractivity contribution is 6.06.